The number of rotatable bonds is 2. The van der Waals surface area contributed by atoms with E-state index in [2.05, 4.69) is 0 Å². The van der Waals surface area contributed by atoms with Crippen LogP contribution in [0.4, 0.5) is 0 Å². The van der Waals surface area contributed by atoms with Gasteiger partial charge >= 0.3 is 0 Å². The normalized spacial score (nSPS) is 38.5. The van der Waals surface area contributed by atoms with Gasteiger partial charge in [0.05, 0.1) is 6.10 Å². The molecule has 70 valence electrons. The van der Waals surface area contributed by atoms with Crippen molar-refractivity contribution in [1.82, 2.24) is 0 Å². The highest BCUT2D eigenvalue weighted by molar-refractivity contribution is 5.12. The molecular weight excluding hydrogens is 152 g/mol. The Balaban J connectivity index is 2.01. The van der Waals surface area contributed by atoms with Crippen molar-refractivity contribution >= 4 is 0 Å². The van der Waals surface area contributed by atoms with Crippen LogP contribution in [0.2, 0.25) is 0 Å². The summed E-state index contributed by atoms with van der Waals surface area (Å²) >= 11 is 0. The molecule has 0 saturated heterocycles. The molecule has 2 rings (SSSR count). The maximum atomic E-state index is 9.15. The predicted molar refractivity (Wildman–Crippen MR) is 46.9 cm³/mol. The highest BCUT2D eigenvalue weighted by Gasteiger charge is 2.64. The van der Waals surface area contributed by atoms with Gasteiger partial charge in [0.2, 0.25) is 0 Å². The molecule has 0 bridgehead atoms. The van der Waals surface area contributed by atoms with Crippen molar-refractivity contribution in [3.8, 4) is 0 Å². The van der Waals surface area contributed by atoms with E-state index in [-0.39, 0.29) is 0 Å². The van der Waals surface area contributed by atoms with Crippen molar-refractivity contribution in [2.24, 2.45) is 11.3 Å². The van der Waals surface area contributed by atoms with Gasteiger partial charge in [-0.3, -0.25) is 0 Å². The first-order valence-electron chi connectivity index (χ1n) is 4.99. The van der Waals surface area contributed by atoms with E-state index in [0.717, 1.165) is 0 Å². The van der Waals surface area contributed by atoms with E-state index < -0.39 is 0 Å². The zero-order valence-electron chi connectivity index (χ0n) is 7.75. The molecule has 0 unspecified atom stereocenters. The average molecular weight is 170 g/mol. The third-order valence-corrected chi connectivity index (χ3v) is 3.80. The van der Waals surface area contributed by atoms with Crippen LogP contribution in [0.1, 0.15) is 32.1 Å². The largest absolute Gasteiger partial charge is 0.396 e. The summed E-state index contributed by atoms with van der Waals surface area (Å²) in [5, 5.41) is 9.15. The lowest BCUT2D eigenvalue weighted by molar-refractivity contribution is 0.123. The average Bonchev–Trinajstić information content (AvgIpc) is 2.73. The molecule has 2 atom stereocenters. The van der Waals surface area contributed by atoms with E-state index in [1.54, 1.807) is 7.11 Å². The lowest BCUT2D eigenvalue weighted by Crippen LogP contribution is -2.13. The first kappa shape index (κ1) is 8.52. The number of hydrogen-bond acceptors (Lipinski definition) is 2. The van der Waals surface area contributed by atoms with Crippen LogP contribution < -0.4 is 0 Å². The second-order valence-electron chi connectivity index (χ2n) is 4.24. The molecule has 0 aliphatic heterocycles. The van der Waals surface area contributed by atoms with Crippen molar-refractivity contribution in [3.63, 3.8) is 0 Å². The Morgan fingerprint density at radius 1 is 1.33 bits per heavy atom. The monoisotopic (exact) mass is 170 g/mol. The Hall–Kier alpha value is -0.0800. The third kappa shape index (κ3) is 1.01. The number of hydrogen-bond donors (Lipinski definition) is 1. The van der Waals surface area contributed by atoms with Crippen LogP contribution in [0.3, 0.4) is 0 Å². The van der Waals surface area contributed by atoms with Gasteiger partial charge in [0.1, 0.15) is 0 Å². The van der Waals surface area contributed by atoms with Gasteiger partial charge in [0.15, 0.2) is 0 Å². The lowest BCUT2D eigenvalue weighted by atomic mass is 9.84. The van der Waals surface area contributed by atoms with Gasteiger partial charge in [-0.15, -0.1) is 0 Å². The summed E-state index contributed by atoms with van der Waals surface area (Å²) in [6, 6.07) is 0. The Kier molecular flexibility index (Phi) is 2.13. The van der Waals surface area contributed by atoms with Crippen LogP contribution in [-0.2, 0) is 4.74 Å². The molecule has 1 N–H and O–H groups in total. The SMILES string of the molecule is CO[C@@H]1[C@H](CO)C12CCCCC2. The van der Waals surface area contributed by atoms with E-state index in [4.69, 9.17) is 9.84 Å². The molecule has 0 radical (unpaired) electrons. The van der Waals surface area contributed by atoms with Crippen LogP contribution in [0, 0.1) is 11.3 Å². The third-order valence-electron chi connectivity index (χ3n) is 3.80. The van der Waals surface area contributed by atoms with Crippen molar-refractivity contribution in [2.45, 2.75) is 38.2 Å². The standard InChI is InChI=1S/C10H18O2/c1-12-9-8(7-11)10(9)5-3-2-4-6-10/h8-9,11H,2-7H2,1H3/t8-,9+/m0/s1. The molecule has 0 aromatic carbocycles. The minimum Gasteiger partial charge on any atom is -0.396 e. The van der Waals surface area contributed by atoms with Gasteiger partial charge < -0.3 is 9.84 Å². The molecule has 12 heavy (non-hydrogen) atoms. The number of ether oxygens (including phenoxy) is 1. The summed E-state index contributed by atoms with van der Waals surface area (Å²) in [6.45, 7) is 0.318. The summed E-state index contributed by atoms with van der Waals surface area (Å²) < 4.78 is 5.40. The predicted octanol–water partition coefficient (Wildman–Crippen LogP) is 1.57. The van der Waals surface area contributed by atoms with Crippen LogP contribution in [0.25, 0.3) is 0 Å². The van der Waals surface area contributed by atoms with E-state index >= 15 is 0 Å². The van der Waals surface area contributed by atoms with Crippen LogP contribution >= 0.6 is 0 Å². The van der Waals surface area contributed by atoms with E-state index in [1.807, 2.05) is 0 Å². The lowest BCUT2D eigenvalue weighted by Gasteiger charge is -2.22. The van der Waals surface area contributed by atoms with Crippen LogP contribution in [0.15, 0.2) is 0 Å². The fourth-order valence-corrected chi connectivity index (χ4v) is 3.08. The molecule has 2 fully saturated rings. The maximum absolute atomic E-state index is 9.15. The Labute approximate surface area is 73.9 Å². The highest BCUT2D eigenvalue weighted by Crippen LogP contribution is 2.62. The topological polar surface area (TPSA) is 29.5 Å². The zero-order chi connectivity index (χ0) is 8.60. The van der Waals surface area contributed by atoms with E-state index in [9.17, 15) is 0 Å². The fraction of sp³-hybridized carbons (Fsp3) is 1.00. The summed E-state index contributed by atoms with van der Waals surface area (Å²) in [4.78, 5) is 0. The van der Waals surface area contributed by atoms with Gasteiger partial charge in [0, 0.05) is 25.0 Å². The van der Waals surface area contributed by atoms with E-state index in [0.29, 0.717) is 24.0 Å². The molecular formula is C10H18O2. The summed E-state index contributed by atoms with van der Waals surface area (Å²) in [5.41, 5.74) is 0.391. The minimum absolute atomic E-state index is 0.318. The first-order chi connectivity index (χ1) is 5.85. The fourth-order valence-electron chi connectivity index (χ4n) is 3.08. The molecule has 0 amide bonds. The summed E-state index contributed by atoms with van der Waals surface area (Å²) in [5.74, 6) is 0.447. The maximum Gasteiger partial charge on any atom is 0.0688 e. The van der Waals surface area contributed by atoms with E-state index in [1.165, 1.54) is 32.1 Å². The van der Waals surface area contributed by atoms with Gasteiger partial charge in [0.25, 0.3) is 0 Å². The molecule has 2 saturated carbocycles. The van der Waals surface area contributed by atoms with Gasteiger partial charge in [-0.1, -0.05) is 19.3 Å². The number of methoxy groups -OCH3 is 1. The highest BCUT2D eigenvalue weighted by atomic mass is 16.5. The second kappa shape index (κ2) is 3.00. The molecule has 0 aromatic rings. The Bertz CT molecular complexity index is 149. The van der Waals surface area contributed by atoms with Crippen molar-refractivity contribution in [3.05, 3.63) is 0 Å². The molecule has 1 spiro atoms. The van der Waals surface area contributed by atoms with Gasteiger partial charge in [-0.2, -0.15) is 0 Å². The van der Waals surface area contributed by atoms with Crippen molar-refractivity contribution in [1.29, 1.82) is 0 Å². The van der Waals surface area contributed by atoms with Gasteiger partial charge in [-0.05, 0) is 12.8 Å². The minimum atomic E-state index is 0.318. The molecule has 0 heterocycles. The van der Waals surface area contributed by atoms with Crippen molar-refractivity contribution < 1.29 is 9.84 Å². The molecule has 2 nitrogen and oxygen atoms in total. The van der Waals surface area contributed by atoms with Crippen molar-refractivity contribution in [2.75, 3.05) is 13.7 Å². The first-order valence-corrected chi connectivity index (χ1v) is 4.99. The Morgan fingerprint density at radius 3 is 2.42 bits per heavy atom. The zero-order valence-corrected chi connectivity index (χ0v) is 7.75. The van der Waals surface area contributed by atoms with Crippen LogP contribution in [-0.4, -0.2) is 24.9 Å². The van der Waals surface area contributed by atoms with Gasteiger partial charge in [-0.25, -0.2) is 0 Å². The Morgan fingerprint density at radius 2 is 2.00 bits per heavy atom. The molecule has 0 aromatic heterocycles. The quantitative estimate of drug-likeness (QED) is 0.681. The number of aliphatic hydroxyl groups is 1. The molecule has 2 heteroatoms. The van der Waals surface area contributed by atoms with Crippen LogP contribution in [0.5, 0.6) is 0 Å². The molecule has 2 aliphatic carbocycles. The second-order valence-corrected chi connectivity index (χ2v) is 4.24. The molecule has 2 aliphatic rings. The number of aliphatic hydroxyl groups excluding tert-OH is 1. The summed E-state index contributed by atoms with van der Waals surface area (Å²) in [6.07, 6.45) is 6.94. The summed E-state index contributed by atoms with van der Waals surface area (Å²) in [7, 11) is 1.77. The smallest absolute Gasteiger partial charge is 0.0688 e.